The Morgan fingerprint density at radius 2 is 1.96 bits per heavy atom. The summed E-state index contributed by atoms with van der Waals surface area (Å²) in [7, 11) is 1.59. The van der Waals surface area contributed by atoms with Crippen LogP contribution >= 0.6 is 0 Å². The number of hydrogen-bond acceptors (Lipinski definition) is 2. The molecule has 0 unspecified atom stereocenters. The number of ether oxygens (including phenoxy) is 1. The van der Waals surface area contributed by atoms with Gasteiger partial charge in [0.25, 0.3) is 0 Å². The van der Waals surface area contributed by atoms with Gasteiger partial charge in [0.05, 0.1) is 7.11 Å². The number of hydrogen-bond donors (Lipinski definition) is 0. The molecule has 1 heterocycles. The Labute approximate surface area is 137 Å². The fraction of sp³-hybridized carbons (Fsp3) is 0.450. The van der Waals surface area contributed by atoms with Crippen LogP contribution in [0.5, 0.6) is 5.75 Å². The highest BCUT2D eigenvalue weighted by Gasteiger charge is 2.26. The lowest BCUT2D eigenvalue weighted by Gasteiger charge is -2.17. The summed E-state index contributed by atoms with van der Waals surface area (Å²) in [6.07, 6.45) is 5.35. The van der Waals surface area contributed by atoms with E-state index in [0.717, 1.165) is 17.5 Å². The van der Waals surface area contributed by atoms with E-state index in [2.05, 4.69) is 18.0 Å². The van der Waals surface area contributed by atoms with Crippen LogP contribution in [0.1, 0.15) is 62.3 Å². The van der Waals surface area contributed by atoms with Gasteiger partial charge in [-0.05, 0) is 48.4 Å². The molecule has 1 fully saturated rings. The standard InChI is InChI=1S/C20H24FNO/c1-5-13-8-19(14-6-7-14)22-11-17(13)16-9-15(12(2)3)18(21)10-20(16)23-4/h8-12,14H,5-7H2,1-4H3. The lowest BCUT2D eigenvalue weighted by Crippen LogP contribution is -2.00. The summed E-state index contributed by atoms with van der Waals surface area (Å²) in [5.74, 6) is 1.13. The minimum Gasteiger partial charge on any atom is -0.496 e. The number of benzene rings is 1. The Morgan fingerprint density at radius 1 is 1.22 bits per heavy atom. The molecule has 1 aliphatic rings. The van der Waals surface area contributed by atoms with Crippen LogP contribution in [-0.4, -0.2) is 12.1 Å². The van der Waals surface area contributed by atoms with Crippen LogP contribution < -0.4 is 4.74 Å². The van der Waals surface area contributed by atoms with Crippen LogP contribution in [0.25, 0.3) is 11.1 Å². The maximum absolute atomic E-state index is 14.2. The Morgan fingerprint density at radius 3 is 2.52 bits per heavy atom. The van der Waals surface area contributed by atoms with Gasteiger partial charge >= 0.3 is 0 Å². The summed E-state index contributed by atoms with van der Waals surface area (Å²) in [5, 5.41) is 0. The second-order valence-electron chi connectivity index (χ2n) is 6.62. The van der Waals surface area contributed by atoms with E-state index in [0.29, 0.717) is 17.2 Å². The molecule has 3 rings (SSSR count). The molecule has 0 radical (unpaired) electrons. The molecule has 122 valence electrons. The van der Waals surface area contributed by atoms with Gasteiger partial charge in [-0.15, -0.1) is 0 Å². The maximum atomic E-state index is 14.2. The van der Waals surface area contributed by atoms with Gasteiger partial charge in [0, 0.05) is 35.0 Å². The molecule has 23 heavy (non-hydrogen) atoms. The van der Waals surface area contributed by atoms with E-state index < -0.39 is 0 Å². The number of aromatic nitrogens is 1. The number of pyridine rings is 1. The van der Waals surface area contributed by atoms with Crippen molar-refractivity contribution in [3.63, 3.8) is 0 Å². The minimum atomic E-state index is -0.207. The first kappa shape index (κ1) is 16.0. The SMILES string of the molecule is CCc1cc(C2CC2)ncc1-c1cc(C(C)C)c(F)cc1OC. The molecule has 0 aliphatic heterocycles. The molecule has 0 N–H and O–H groups in total. The highest BCUT2D eigenvalue weighted by Crippen LogP contribution is 2.41. The predicted octanol–water partition coefficient (Wildman–Crippen LogP) is 5.46. The van der Waals surface area contributed by atoms with Gasteiger partial charge in [0.2, 0.25) is 0 Å². The number of nitrogens with zero attached hydrogens (tertiary/aromatic N) is 1. The van der Waals surface area contributed by atoms with E-state index in [4.69, 9.17) is 4.74 Å². The zero-order valence-corrected chi connectivity index (χ0v) is 14.3. The molecule has 1 aliphatic carbocycles. The van der Waals surface area contributed by atoms with E-state index >= 15 is 0 Å². The normalized spacial score (nSPS) is 14.3. The topological polar surface area (TPSA) is 22.1 Å². The third-order valence-corrected chi connectivity index (χ3v) is 4.62. The summed E-state index contributed by atoms with van der Waals surface area (Å²) >= 11 is 0. The molecule has 2 nitrogen and oxygen atoms in total. The molecule has 0 bridgehead atoms. The first-order chi connectivity index (χ1) is 11.0. The van der Waals surface area contributed by atoms with Crippen molar-refractivity contribution in [2.75, 3.05) is 7.11 Å². The van der Waals surface area contributed by atoms with Crippen LogP contribution in [0, 0.1) is 5.82 Å². The summed E-state index contributed by atoms with van der Waals surface area (Å²) in [6.45, 7) is 6.16. The van der Waals surface area contributed by atoms with Gasteiger partial charge in [0.1, 0.15) is 11.6 Å². The Balaban J connectivity index is 2.14. The van der Waals surface area contributed by atoms with Crippen LogP contribution in [-0.2, 0) is 6.42 Å². The number of aryl methyl sites for hydroxylation is 1. The molecule has 1 aromatic heterocycles. The average Bonchev–Trinajstić information content (AvgIpc) is 3.38. The highest BCUT2D eigenvalue weighted by molar-refractivity contribution is 5.74. The van der Waals surface area contributed by atoms with Gasteiger partial charge in [-0.2, -0.15) is 0 Å². The number of methoxy groups -OCH3 is 1. The van der Waals surface area contributed by atoms with Crippen molar-refractivity contribution >= 4 is 0 Å². The maximum Gasteiger partial charge on any atom is 0.130 e. The summed E-state index contributed by atoms with van der Waals surface area (Å²) in [5.41, 5.74) is 5.14. The third-order valence-electron chi connectivity index (χ3n) is 4.62. The molecular weight excluding hydrogens is 289 g/mol. The van der Waals surface area contributed by atoms with Gasteiger partial charge in [-0.1, -0.05) is 20.8 Å². The van der Waals surface area contributed by atoms with E-state index in [1.165, 1.54) is 30.2 Å². The Kier molecular flexibility index (Phi) is 4.38. The zero-order chi connectivity index (χ0) is 16.6. The quantitative estimate of drug-likeness (QED) is 0.731. The van der Waals surface area contributed by atoms with Gasteiger partial charge < -0.3 is 4.74 Å². The van der Waals surface area contributed by atoms with Crippen LogP contribution in [0.2, 0.25) is 0 Å². The molecule has 2 aromatic rings. The smallest absolute Gasteiger partial charge is 0.130 e. The minimum absolute atomic E-state index is 0.128. The molecule has 1 saturated carbocycles. The van der Waals surface area contributed by atoms with E-state index in [1.807, 2.05) is 26.1 Å². The summed E-state index contributed by atoms with van der Waals surface area (Å²) in [4.78, 5) is 4.65. The predicted molar refractivity (Wildman–Crippen MR) is 91.6 cm³/mol. The summed E-state index contributed by atoms with van der Waals surface area (Å²) < 4.78 is 19.7. The van der Waals surface area contributed by atoms with Crippen molar-refractivity contribution in [3.05, 3.63) is 47.0 Å². The van der Waals surface area contributed by atoms with Crippen molar-refractivity contribution in [3.8, 4) is 16.9 Å². The molecule has 3 heteroatoms. The molecule has 0 atom stereocenters. The Hall–Kier alpha value is -1.90. The molecule has 1 aromatic carbocycles. The Bertz CT molecular complexity index is 720. The second kappa shape index (κ2) is 6.31. The van der Waals surface area contributed by atoms with Gasteiger partial charge in [-0.25, -0.2) is 4.39 Å². The van der Waals surface area contributed by atoms with E-state index in [-0.39, 0.29) is 11.7 Å². The fourth-order valence-corrected chi connectivity index (χ4v) is 3.05. The zero-order valence-electron chi connectivity index (χ0n) is 14.3. The fourth-order valence-electron chi connectivity index (χ4n) is 3.05. The largest absolute Gasteiger partial charge is 0.496 e. The molecular formula is C20H24FNO. The van der Waals surface area contributed by atoms with E-state index in [1.54, 1.807) is 7.11 Å². The molecule has 0 saturated heterocycles. The van der Waals surface area contributed by atoms with Crippen molar-refractivity contribution in [1.82, 2.24) is 4.98 Å². The second-order valence-corrected chi connectivity index (χ2v) is 6.62. The first-order valence-corrected chi connectivity index (χ1v) is 8.41. The van der Waals surface area contributed by atoms with E-state index in [9.17, 15) is 4.39 Å². The highest BCUT2D eigenvalue weighted by atomic mass is 19.1. The average molecular weight is 313 g/mol. The number of halogens is 1. The van der Waals surface area contributed by atoms with Crippen molar-refractivity contribution in [2.45, 2.75) is 51.9 Å². The first-order valence-electron chi connectivity index (χ1n) is 8.41. The van der Waals surface area contributed by atoms with Crippen LogP contribution in [0.4, 0.5) is 4.39 Å². The van der Waals surface area contributed by atoms with Crippen molar-refractivity contribution in [1.29, 1.82) is 0 Å². The third kappa shape index (κ3) is 3.10. The lowest BCUT2D eigenvalue weighted by atomic mass is 9.93. The molecule has 0 amide bonds. The van der Waals surface area contributed by atoms with Crippen LogP contribution in [0.3, 0.4) is 0 Å². The lowest BCUT2D eigenvalue weighted by molar-refractivity contribution is 0.412. The van der Waals surface area contributed by atoms with Crippen LogP contribution in [0.15, 0.2) is 24.4 Å². The summed E-state index contributed by atoms with van der Waals surface area (Å²) in [6, 6.07) is 5.63. The van der Waals surface area contributed by atoms with Crippen molar-refractivity contribution in [2.24, 2.45) is 0 Å². The monoisotopic (exact) mass is 313 g/mol. The van der Waals surface area contributed by atoms with Gasteiger partial charge in [-0.3, -0.25) is 4.98 Å². The molecule has 0 spiro atoms. The van der Waals surface area contributed by atoms with Gasteiger partial charge in [0.15, 0.2) is 0 Å². The number of rotatable bonds is 5. The van der Waals surface area contributed by atoms with Crippen molar-refractivity contribution < 1.29 is 9.13 Å².